The van der Waals surface area contributed by atoms with E-state index in [1.54, 1.807) is 11.3 Å². The first kappa shape index (κ1) is 19.8. The van der Waals surface area contributed by atoms with Crippen LogP contribution in [-0.2, 0) is 17.8 Å². The molecule has 0 spiro atoms. The SMILES string of the molecule is CCCN(CC(=O)NC1CCCc2ccccc21)Cc1nnc(-c2cccs2)o1. The molecule has 2 heterocycles. The van der Waals surface area contributed by atoms with Gasteiger partial charge < -0.3 is 9.73 Å². The predicted octanol–water partition coefficient (Wildman–Crippen LogP) is 4.20. The van der Waals surface area contributed by atoms with Crippen molar-refractivity contribution < 1.29 is 9.21 Å². The summed E-state index contributed by atoms with van der Waals surface area (Å²) in [4.78, 5) is 15.8. The van der Waals surface area contributed by atoms with Crippen molar-refractivity contribution >= 4 is 17.2 Å². The Bertz CT molecular complexity index is 938. The van der Waals surface area contributed by atoms with Crippen LogP contribution < -0.4 is 5.32 Å². The van der Waals surface area contributed by atoms with Crippen molar-refractivity contribution in [2.75, 3.05) is 13.1 Å². The van der Waals surface area contributed by atoms with Crippen LogP contribution in [0.4, 0.5) is 0 Å². The molecule has 152 valence electrons. The Labute approximate surface area is 175 Å². The molecule has 0 fully saturated rings. The van der Waals surface area contributed by atoms with Crippen LogP contribution in [0.3, 0.4) is 0 Å². The maximum Gasteiger partial charge on any atom is 0.257 e. The molecule has 1 amide bonds. The van der Waals surface area contributed by atoms with Gasteiger partial charge in [0.15, 0.2) is 0 Å². The van der Waals surface area contributed by atoms with Crippen LogP contribution in [0.15, 0.2) is 46.2 Å². The summed E-state index contributed by atoms with van der Waals surface area (Å²) in [5.74, 6) is 1.12. The quantitative estimate of drug-likeness (QED) is 0.602. The molecular formula is C22H26N4O2S. The van der Waals surface area contributed by atoms with Gasteiger partial charge in [-0.3, -0.25) is 9.69 Å². The summed E-state index contributed by atoms with van der Waals surface area (Å²) in [5.41, 5.74) is 2.60. The standard InChI is InChI=1S/C22H26N4O2S/c1-2-12-26(15-21-24-25-22(28-21)19-11-6-13-29-19)14-20(27)23-18-10-5-8-16-7-3-4-9-17(16)18/h3-4,6-7,9,11,13,18H,2,5,8,10,12,14-15H2,1H3,(H,23,27). The van der Waals surface area contributed by atoms with Crippen LogP contribution in [0, 0.1) is 0 Å². The first-order chi connectivity index (χ1) is 14.2. The lowest BCUT2D eigenvalue weighted by Crippen LogP contribution is -2.39. The molecule has 0 saturated carbocycles. The maximum absolute atomic E-state index is 12.8. The fourth-order valence-electron chi connectivity index (χ4n) is 3.89. The smallest absolute Gasteiger partial charge is 0.257 e. The number of aryl methyl sites for hydroxylation is 1. The summed E-state index contributed by atoms with van der Waals surface area (Å²) in [6.07, 6.45) is 4.14. The maximum atomic E-state index is 12.8. The molecule has 0 bridgehead atoms. The molecule has 1 aliphatic rings. The molecule has 1 N–H and O–H groups in total. The first-order valence-corrected chi connectivity index (χ1v) is 11.1. The zero-order valence-corrected chi connectivity index (χ0v) is 17.5. The zero-order chi connectivity index (χ0) is 20.1. The largest absolute Gasteiger partial charge is 0.419 e. The molecule has 2 aromatic heterocycles. The van der Waals surface area contributed by atoms with Gasteiger partial charge in [0.1, 0.15) is 0 Å². The van der Waals surface area contributed by atoms with E-state index in [-0.39, 0.29) is 11.9 Å². The van der Waals surface area contributed by atoms with Crippen molar-refractivity contribution in [1.29, 1.82) is 0 Å². The van der Waals surface area contributed by atoms with Gasteiger partial charge in [-0.25, -0.2) is 0 Å². The van der Waals surface area contributed by atoms with Gasteiger partial charge in [0.25, 0.3) is 5.89 Å². The average Bonchev–Trinajstić information content (AvgIpc) is 3.40. The number of nitrogens with zero attached hydrogens (tertiary/aromatic N) is 3. The summed E-state index contributed by atoms with van der Waals surface area (Å²) in [6.45, 7) is 3.70. The number of thiophene rings is 1. The number of nitrogens with one attached hydrogen (secondary N) is 1. The van der Waals surface area contributed by atoms with E-state index in [2.05, 4.69) is 45.5 Å². The molecule has 1 aliphatic carbocycles. The molecule has 1 unspecified atom stereocenters. The van der Waals surface area contributed by atoms with Crippen molar-refractivity contribution in [3.63, 3.8) is 0 Å². The second-order valence-electron chi connectivity index (χ2n) is 7.40. The van der Waals surface area contributed by atoms with Crippen molar-refractivity contribution in [2.45, 2.75) is 45.2 Å². The van der Waals surface area contributed by atoms with Crippen LogP contribution in [0.2, 0.25) is 0 Å². The van der Waals surface area contributed by atoms with Gasteiger partial charge in [-0.15, -0.1) is 21.5 Å². The van der Waals surface area contributed by atoms with Crippen molar-refractivity contribution in [2.24, 2.45) is 0 Å². The molecule has 0 saturated heterocycles. The average molecular weight is 411 g/mol. The lowest BCUT2D eigenvalue weighted by molar-refractivity contribution is -0.123. The lowest BCUT2D eigenvalue weighted by atomic mass is 9.88. The highest BCUT2D eigenvalue weighted by Gasteiger charge is 2.23. The van der Waals surface area contributed by atoms with Crippen LogP contribution in [0.1, 0.15) is 49.2 Å². The molecule has 0 aliphatic heterocycles. The van der Waals surface area contributed by atoms with E-state index in [0.29, 0.717) is 24.9 Å². The van der Waals surface area contributed by atoms with Gasteiger partial charge in [-0.2, -0.15) is 0 Å². The summed E-state index contributed by atoms with van der Waals surface area (Å²) in [6, 6.07) is 12.4. The Kier molecular flexibility index (Phi) is 6.36. The third-order valence-corrected chi connectivity index (χ3v) is 6.03. The molecule has 6 nitrogen and oxygen atoms in total. The van der Waals surface area contributed by atoms with Gasteiger partial charge in [0.2, 0.25) is 11.8 Å². The number of carbonyl (C=O) groups excluding carboxylic acids is 1. The molecule has 7 heteroatoms. The van der Waals surface area contributed by atoms with E-state index >= 15 is 0 Å². The molecule has 3 aromatic rings. The van der Waals surface area contributed by atoms with Crippen LogP contribution in [-0.4, -0.2) is 34.1 Å². The number of hydrogen-bond acceptors (Lipinski definition) is 6. The second-order valence-corrected chi connectivity index (χ2v) is 8.35. The molecule has 0 radical (unpaired) electrons. The summed E-state index contributed by atoms with van der Waals surface area (Å²) in [5, 5.41) is 13.5. The molecule has 1 aromatic carbocycles. The van der Waals surface area contributed by atoms with E-state index in [0.717, 1.165) is 37.1 Å². The number of hydrogen-bond donors (Lipinski definition) is 1. The molecule has 1 atom stereocenters. The number of carbonyl (C=O) groups is 1. The predicted molar refractivity (Wildman–Crippen MR) is 113 cm³/mol. The topological polar surface area (TPSA) is 71.3 Å². The number of benzene rings is 1. The lowest BCUT2D eigenvalue weighted by Gasteiger charge is -2.27. The Balaban J connectivity index is 1.38. The third kappa shape index (κ3) is 4.92. The van der Waals surface area contributed by atoms with E-state index in [1.165, 1.54) is 11.1 Å². The van der Waals surface area contributed by atoms with E-state index in [1.807, 2.05) is 23.6 Å². The van der Waals surface area contributed by atoms with Crippen molar-refractivity contribution in [3.05, 3.63) is 58.8 Å². The van der Waals surface area contributed by atoms with Crippen molar-refractivity contribution in [3.8, 4) is 10.8 Å². The van der Waals surface area contributed by atoms with Gasteiger partial charge in [0, 0.05) is 0 Å². The first-order valence-electron chi connectivity index (χ1n) is 10.2. The van der Waals surface area contributed by atoms with E-state index in [9.17, 15) is 4.79 Å². The van der Waals surface area contributed by atoms with Gasteiger partial charge in [0.05, 0.1) is 24.0 Å². The minimum absolute atomic E-state index is 0.0400. The van der Waals surface area contributed by atoms with Crippen LogP contribution >= 0.6 is 11.3 Å². The summed E-state index contributed by atoms with van der Waals surface area (Å²) >= 11 is 1.57. The third-order valence-electron chi connectivity index (χ3n) is 5.17. The zero-order valence-electron chi connectivity index (χ0n) is 16.6. The van der Waals surface area contributed by atoms with E-state index in [4.69, 9.17) is 4.42 Å². The second kappa shape index (κ2) is 9.33. The van der Waals surface area contributed by atoms with Crippen LogP contribution in [0.5, 0.6) is 0 Å². The minimum Gasteiger partial charge on any atom is -0.419 e. The summed E-state index contributed by atoms with van der Waals surface area (Å²) in [7, 11) is 0. The normalized spacial score (nSPS) is 16.0. The molecular weight excluding hydrogens is 384 g/mol. The highest BCUT2D eigenvalue weighted by molar-refractivity contribution is 7.13. The fourth-order valence-corrected chi connectivity index (χ4v) is 4.53. The fraction of sp³-hybridized carbons (Fsp3) is 0.409. The molecule has 4 rings (SSSR count). The van der Waals surface area contributed by atoms with Crippen LogP contribution in [0.25, 0.3) is 10.8 Å². The van der Waals surface area contributed by atoms with Gasteiger partial charge >= 0.3 is 0 Å². The highest BCUT2D eigenvalue weighted by atomic mass is 32.1. The summed E-state index contributed by atoms with van der Waals surface area (Å²) < 4.78 is 5.80. The van der Waals surface area contributed by atoms with Gasteiger partial charge in [-0.05, 0) is 54.8 Å². The Hall–Kier alpha value is -2.51. The molecule has 29 heavy (non-hydrogen) atoms. The number of fused-ring (bicyclic) bond motifs is 1. The Morgan fingerprint density at radius 3 is 3.00 bits per heavy atom. The van der Waals surface area contributed by atoms with E-state index < -0.39 is 0 Å². The monoisotopic (exact) mass is 410 g/mol. The number of amides is 1. The van der Waals surface area contributed by atoms with Crippen molar-refractivity contribution in [1.82, 2.24) is 20.4 Å². The minimum atomic E-state index is 0.0400. The van der Waals surface area contributed by atoms with Gasteiger partial charge in [-0.1, -0.05) is 37.3 Å². The number of rotatable bonds is 8. The highest BCUT2D eigenvalue weighted by Crippen LogP contribution is 2.29. The Morgan fingerprint density at radius 2 is 2.17 bits per heavy atom. The number of aromatic nitrogens is 2. The Morgan fingerprint density at radius 1 is 1.28 bits per heavy atom.